The molecule has 98 valence electrons. The fraction of sp³-hybridized carbons (Fsp3) is 0.133. The van der Waals surface area contributed by atoms with Crippen molar-refractivity contribution in [1.29, 1.82) is 0 Å². The zero-order valence-electron chi connectivity index (χ0n) is 10.2. The maximum atomic E-state index is 11.0. The number of hydrogen-bond acceptors (Lipinski definition) is 3. The molecule has 2 rings (SSSR count). The average molecular weight is 277 g/mol. The van der Waals surface area contributed by atoms with E-state index in [1.807, 2.05) is 54.6 Å². The number of esters is 1. The van der Waals surface area contributed by atoms with Gasteiger partial charge in [0.1, 0.15) is 24.0 Å². The molecule has 4 heteroatoms. The van der Waals surface area contributed by atoms with Gasteiger partial charge in [-0.25, -0.2) is 0 Å². The zero-order valence-corrected chi connectivity index (χ0v) is 11.0. The summed E-state index contributed by atoms with van der Waals surface area (Å²) in [6.07, 6.45) is 0. The minimum Gasteiger partial charge on any atom is -0.460 e. The van der Waals surface area contributed by atoms with E-state index in [1.165, 1.54) is 0 Å². The number of rotatable bonds is 5. The van der Waals surface area contributed by atoms with Crippen molar-refractivity contribution < 1.29 is 14.3 Å². The molecule has 0 bridgehead atoms. The Hall–Kier alpha value is -2.00. The maximum Gasteiger partial charge on any atom is 0.321 e. The van der Waals surface area contributed by atoms with E-state index in [0.717, 1.165) is 11.3 Å². The Labute approximate surface area is 116 Å². The summed E-state index contributed by atoms with van der Waals surface area (Å²) in [6.45, 7) is 0.192. The van der Waals surface area contributed by atoms with Gasteiger partial charge in [-0.2, -0.15) is 0 Å². The number of alkyl halides is 1. The largest absolute Gasteiger partial charge is 0.460 e. The highest BCUT2D eigenvalue weighted by molar-refractivity contribution is 6.26. The van der Waals surface area contributed by atoms with Crippen LogP contribution < -0.4 is 4.74 Å². The summed E-state index contributed by atoms with van der Waals surface area (Å²) in [5, 5.41) is 0. The van der Waals surface area contributed by atoms with Crippen LogP contribution >= 0.6 is 11.6 Å². The van der Waals surface area contributed by atoms with E-state index in [4.69, 9.17) is 21.1 Å². The molecule has 2 aromatic rings. The van der Waals surface area contributed by atoms with Gasteiger partial charge in [0.05, 0.1) is 0 Å². The van der Waals surface area contributed by atoms with Gasteiger partial charge in [0.25, 0.3) is 0 Å². The normalized spacial score (nSPS) is 9.95. The van der Waals surface area contributed by atoms with E-state index in [0.29, 0.717) is 5.75 Å². The monoisotopic (exact) mass is 276 g/mol. The first-order valence-electron chi connectivity index (χ1n) is 5.81. The average Bonchev–Trinajstić information content (AvgIpc) is 2.46. The fourth-order valence-electron chi connectivity index (χ4n) is 1.53. The first kappa shape index (κ1) is 13.4. The lowest BCUT2D eigenvalue weighted by atomic mass is 10.2. The molecule has 0 N–H and O–H groups in total. The quantitative estimate of drug-likeness (QED) is 0.616. The molecule has 19 heavy (non-hydrogen) atoms. The second-order valence-corrected chi connectivity index (χ2v) is 4.12. The SMILES string of the molecule is O=C(CCl)OCc1cccc(Oc2ccccc2)c1. The first-order valence-corrected chi connectivity index (χ1v) is 6.35. The van der Waals surface area contributed by atoms with E-state index in [9.17, 15) is 4.79 Å². The van der Waals surface area contributed by atoms with Crippen LogP contribution in [-0.4, -0.2) is 11.8 Å². The van der Waals surface area contributed by atoms with E-state index in [-0.39, 0.29) is 12.5 Å². The van der Waals surface area contributed by atoms with E-state index in [1.54, 1.807) is 0 Å². The second kappa shape index (κ2) is 6.81. The van der Waals surface area contributed by atoms with Crippen LogP contribution in [0.1, 0.15) is 5.56 Å². The molecule has 0 heterocycles. The molecule has 2 aromatic carbocycles. The van der Waals surface area contributed by atoms with E-state index >= 15 is 0 Å². The molecule has 0 aromatic heterocycles. The number of carbonyl (C=O) groups is 1. The summed E-state index contributed by atoms with van der Waals surface area (Å²) in [6, 6.07) is 16.9. The Morgan fingerprint density at radius 3 is 2.47 bits per heavy atom. The van der Waals surface area contributed by atoms with Gasteiger partial charge in [-0.1, -0.05) is 30.3 Å². The van der Waals surface area contributed by atoms with Crippen LogP contribution in [0.5, 0.6) is 11.5 Å². The molecule has 0 amide bonds. The van der Waals surface area contributed by atoms with Crippen LogP contribution in [0.4, 0.5) is 0 Å². The molecule has 0 aliphatic rings. The van der Waals surface area contributed by atoms with Crippen molar-refractivity contribution in [3.8, 4) is 11.5 Å². The molecule has 0 radical (unpaired) electrons. The Kier molecular flexibility index (Phi) is 4.81. The highest BCUT2D eigenvalue weighted by Gasteiger charge is 2.02. The van der Waals surface area contributed by atoms with Crippen molar-refractivity contribution in [3.63, 3.8) is 0 Å². The lowest BCUT2D eigenvalue weighted by molar-refractivity contribution is -0.141. The van der Waals surface area contributed by atoms with Gasteiger partial charge in [0.15, 0.2) is 0 Å². The van der Waals surface area contributed by atoms with E-state index < -0.39 is 5.97 Å². The van der Waals surface area contributed by atoms with Crippen molar-refractivity contribution in [2.45, 2.75) is 6.61 Å². The van der Waals surface area contributed by atoms with Crippen molar-refractivity contribution in [2.75, 3.05) is 5.88 Å². The number of halogens is 1. The Bertz CT molecular complexity index is 540. The number of ether oxygens (including phenoxy) is 2. The topological polar surface area (TPSA) is 35.5 Å². The zero-order chi connectivity index (χ0) is 13.5. The first-order chi connectivity index (χ1) is 9.28. The predicted molar refractivity (Wildman–Crippen MR) is 73.5 cm³/mol. The van der Waals surface area contributed by atoms with Crippen LogP contribution in [0.25, 0.3) is 0 Å². The van der Waals surface area contributed by atoms with Crippen LogP contribution in [0, 0.1) is 0 Å². The summed E-state index contributed by atoms with van der Waals surface area (Å²) in [7, 11) is 0. The highest BCUT2D eigenvalue weighted by atomic mass is 35.5. The Morgan fingerprint density at radius 1 is 1.00 bits per heavy atom. The molecule has 0 atom stereocenters. The molecule has 0 saturated heterocycles. The highest BCUT2D eigenvalue weighted by Crippen LogP contribution is 2.22. The smallest absolute Gasteiger partial charge is 0.321 e. The third kappa shape index (κ3) is 4.30. The minimum absolute atomic E-state index is 0.139. The molecular weight excluding hydrogens is 264 g/mol. The van der Waals surface area contributed by atoms with Gasteiger partial charge in [-0.3, -0.25) is 4.79 Å². The van der Waals surface area contributed by atoms with Crippen molar-refractivity contribution >= 4 is 17.6 Å². The number of benzene rings is 2. The fourth-order valence-corrected chi connectivity index (χ4v) is 1.60. The minimum atomic E-state index is -0.434. The number of hydrogen-bond donors (Lipinski definition) is 0. The Balaban J connectivity index is 2.01. The lowest BCUT2D eigenvalue weighted by Crippen LogP contribution is -2.05. The second-order valence-electron chi connectivity index (χ2n) is 3.86. The molecule has 0 saturated carbocycles. The van der Waals surface area contributed by atoms with Gasteiger partial charge >= 0.3 is 5.97 Å². The number of para-hydroxylation sites is 1. The third-order valence-electron chi connectivity index (χ3n) is 2.39. The lowest BCUT2D eigenvalue weighted by Gasteiger charge is -2.08. The summed E-state index contributed by atoms with van der Waals surface area (Å²) in [5.41, 5.74) is 0.854. The van der Waals surface area contributed by atoms with Gasteiger partial charge in [0.2, 0.25) is 0 Å². The molecule has 0 unspecified atom stereocenters. The molecule has 0 aliphatic heterocycles. The number of carbonyl (C=O) groups excluding carboxylic acids is 1. The van der Waals surface area contributed by atoms with Crippen molar-refractivity contribution in [2.24, 2.45) is 0 Å². The summed E-state index contributed by atoms with van der Waals surface area (Å²) >= 11 is 5.36. The van der Waals surface area contributed by atoms with Gasteiger partial charge in [-0.15, -0.1) is 11.6 Å². The van der Waals surface area contributed by atoms with Crippen LogP contribution in [0.3, 0.4) is 0 Å². The van der Waals surface area contributed by atoms with Crippen LogP contribution in [0.2, 0.25) is 0 Å². The predicted octanol–water partition coefficient (Wildman–Crippen LogP) is 3.76. The molecule has 0 spiro atoms. The standard InChI is InChI=1S/C15H13ClO3/c16-10-15(17)18-11-12-5-4-8-14(9-12)19-13-6-2-1-3-7-13/h1-9H,10-11H2. The van der Waals surface area contributed by atoms with Crippen molar-refractivity contribution in [3.05, 3.63) is 60.2 Å². The third-order valence-corrected chi connectivity index (χ3v) is 2.60. The van der Waals surface area contributed by atoms with Gasteiger partial charge < -0.3 is 9.47 Å². The molecular formula is C15H13ClO3. The summed E-state index contributed by atoms with van der Waals surface area (Å²) in [5.74, 6) is 0.888. The van der Waals surface area contributed by atoms with E-state index in [2.05, 4.69) is 0 Å². The van der Waals surface area contributed by atoms with Crippen molar-refractivity contribution in [1.82, 2.24) is 0 Å². The maximum absolute atomic E-state index is 11.0. The molecule has 0 fully saturated rings. The Morgan fingerprint density at radius 2 is 1.74 bits per heavy atom. The molecule has 3 nitrogen and oxygen atoms in total. The van der Waals surface area contributed by atoms with Gasteiger partial charge in [0, 0.05) is 0 Å². The van der Waals surface area contributed by atoms with Gasteiger partial charge in [-0.05, 0) is 29.8 Å². The van der Waals surface area contributed by atoms with Crippen LogP contribution in [0.15, 0.2) is 54.6 Å². The molecule has 0 aliphatic carbocycles. The summed E-state index contributed by atoms with van der Waals surface area (Å²) in [4.78, 5) is 11.0. The van der Waals surface area contributed by atoms with Crippen LogP contribution in [-0.2, 0) is 16.1 Å². The summed E-state index contributed by atoms with van der Waals surface area (Å²) < 4.78 is 10.6.